The van der Waals surface area contributed by atoms with Crippen molar-refractivity contribution in [3.8, 4) is 11.1 Å². The number of thiazole rings is 1. The van der Waals surface area contributed by atoms with Crippen LogP contribution in [0.3, 0.4) is 0 Å². The molecule has 10 heteroatoms. The van der Waals surface area contributed by atoms with Crippen molar-refractivity contribution >= 4 is 28.5 Å². The quantitative estimate of drug-likeness (QED) is 0.588. The molecule has 0 spiro atoms. The Morgan fingerprint density at radius 3 is 2.13 bits per heavy atom. The highest BCUT2D eigenvalue weighted by Gasteiger charge is 2.39. The highest BCUT2D eigenvalue weighted by molar-refractivity contribution is 7.16. The largest absolute Gasteiger partial charge is 0.476 e. The predicted octanol–water partition coefficient (Wildman–Crippen LogP) is 5.22. The molecular formula is C20H13F3N2O4S. The monoisotopic (exact) mass is 434 g/mol. The van der Waals surface area contributed by atoms with Gasteiger partial charge in [-0.1, -0.05) is 59.9 Å². The average Bonchev–Trinajstić information content (AvgIpc) is 3.26. The first-order valence-corrected chi connectivity index (χ1v) is 9.50. The molecule has 0 unspecified atom stereocenters. The fourth-order valence-corrected chi connectivity index (χ4v) is 4.24. The molecule has 0 bridgehead atoms. The normalized spacial score (nSPS) is 12.9. The van der Waals surface area contributed by atoms with Gasteiger partial charge in [0, 0.05) is 5.92 Å². The van der Waals surface area contributed by atoms with Crippen LogP contribution in [0.15, 0.2) is 48.5 Å². The number of hydrogen-bond acceptors (Lipinski definition) is 5. The smallest absolute Gasteiger partial charge is 0.428 e. The fraction of sp³-hybridized carbons (Fsp3) is 0.150. The van der Waals surface area contributed by atoms with Gasteiger partial charge in [-0.2, -0.15) is 13.2 Å². The molecule has 1 aliphatic rings. The molecular weight excluding hydrogens is 421 g/mol. The zero-order chi connectivity index (χ0) is 21.5. The number of carbonyl (C=O) groups is 2. The minimum atomic E-state index is -4.90. The van der Waals surface area contributed by atoms with Crippen LogP contribution in [0.2, 0.25) is 0 Å². The summed E-state index contributed by atoms with van der Waals surface area (Å²) in [6.45, 7) is -0.0385. The molecule has 2 aromatic carbocycles. The third kappa shape index (κ3) is 3.61. The number of nitrogens with one attached hydrogen (secondary N) is 1. The summed E-state index contributed by atoms with van der Waals surface area (Å²) in [7, 11) is 0. The van der Waals surface area contributed by atoms with Crippen LogP contribution in [0.1, 0.15) is 32.4 Å². The maximum absolute atomic E-state index is 13.0. The van der Waals surface area contributed by atoms with Crippen LogP contribution in [-0.4, -0.2) is 28.8 Å². The van der Waals surface area contributed by atoms with E-state index in [9.17, 15) is 22.8 Å². The summed E-state index contributed by atoms with van der Waals surface area (Å²) in [5.74, 6) is -2.06. The van der Waals surface area contributed by atoms with Crippen LogP contribution in [-0.2, 0) is 10.9 Å². The molecule has 3 aromatic rings. The standard InChI is InChI=1S/C20H13F3N2O4S/c21-20(22,23)16-15(17(26)27)24-18(30-16)25-19(28)29-9-14-12-7-3-1-5-10(12)11-6-2-4-8-13(11)14/h1-8,14H,9H2,(H,26,27)(H,24,25,28). The van der Waals surface area contributed by atoms with Crippen molar-refractivity contribution in [3.05, 3.63) is 70.2 Å². The molecule has 30 heavy (non-hydrogen) atoms. The number of carboxylic acid groups (broad SMARTS) is 1. The van der Waals surface area contributed by atoms with E-state index >= 15 is 0 Å². The number of anilines is 1. The second-order valence-corrected chi connectivity index (χ2v) is 7.45. The number of carboxylic acids is 1. The molecule has 1 aromatic heterocycles. The molecule has 1 heterocycles. The summed E-state index contributed by atoms with van der Waals surface area (Å²) in [5, 5.41) is 10.5. The third-order valence-electron chi connectivity index (χ3n) is 4.64. The Hall–Kier alpha value is -3.40. The minimum absolute atomic E-state index is 0.0295. The Morgan fingerprint density at radius 2 is 1.63 bits per heavy atom. The Kier molecular flexibility index (Phi) is 4.94. The first kappa shape index (κ1) is 19.9. The van der Waals surface area contributed by atoms with Crippen LogP contribution in [0.5, 0.6) is 0 Å². The Morgan fingerprint density at radius 1 is 1.07 bits per heavy atom. The molecule has 2 N–H and O–H groups in total. The van der Waals surface area contributed by atoms with Gasteiger partial charge in [0.2, 0.25) is 0 Å². The molecule has 0 radical (unpaired) electrons. The SMILES string of the molecule is O=C(Nc1nc(C(=O)O)c(C(F)(F)F)s1)OCC1c2ccccc2-c2ccccc21. The van der Waals surface area contributed by atoms with Crippen molar-refractivity contribution in [1.29, 1.82) is 0 Å². The van der Waals surface area contributed by atoms with E-state index in [0.29, 0.717) is 0 Å². The number of alkyl halides is 3. The lowest BCUT2D eigenvalue weighted by atomic mass is 9.98. The van der Waals surface area contributed by atoms with Crippen LogP contribution in [0.25, 0.3) is 11.1 Å². The van der Waals surface area contributed by atoms with Crippen LogP contribution < -0.4 is 5.32 Å². The summed E-state index contributed by atoms with van der Waals surface area (Å²) in [4.78, 5) is 25.1. The molecule has 154 valence electrons. The lowest BCUT2D eigenvalue weighted by Gasteiger charge is -2.14. The molecule has 1 amide bonds. The summed E-state index contributed by atoms with van der Waals surface area (Å²) in [6, 6.07) is 15.4. The van der Waals surface area contributed by atoms with Crippen LogP contribution in [0.4, 0.5) is 23.1 Å². The number of rotatable bonds is 4. The molecule has 4 rings (SSSR count). The van der Waals surface area contributed by atoms with E-state index in [2.05, 4.69) is 10.3 Å². The average molecular weight is 434 g/mol. The number of amides is 1. The number of hydrogen-bond donors (Lipinski definition) is 2. The summed E-state index contributed by atoms with van der Waals surface area (Å²) < 4.78 is 44.1. The summed E-state index contributed by atoms with van der Waals surface area (Å²) >= 11 is 0.0295. The first-order chi connectivity index (χ1) is 14.3. The van der Waals surface area contributed by atoms with Crippen LogP contribution in [0, 0.1) is 0 Å². The van der Waals surface area contributed by atoms with Gasteiger partial charge in [-0.25, -0.2) is 14.6 Å². The number of carbonyl (C=O) groups excluding carboxylic acids is 1. The van der Waals surface area contributed by atoms with Crippen molar-refractivity contribution < 1.29 is 32.6 Å². The molecule has 0 fully saturated rings. The van der Waals surface area contributed by atoms with E-state index in [0.717, 1.165) is 22.3 Å². The zero-order valence-electron chi connectivity index (χ0n) is 15.1. The highest BCUT2D eigenvalue weighted by Crippen LogP contribution is 2.44. The van der Waals surface area contributed by atoms with Crippen LogP contribution >= 0.6 is 11.3 Å². The van der Waals surface area contributed by atoms with E-state index in [4.69, 9.17) is 9.84 Å². The van der Waals surface area contributed by atoms with Gasteiger partial charge in [0.05, 0.1) is 0 Å². The number of aromatic nitrogens is 1. The molecule has 6 nitrogen and oxygen atoms in total. The van der Waals surface area contributed by atoms with E-state index < -0.39 is 33.9 Å². The number of aromatic carboxylic acids is 1. The fourth-order valence-electron chi connectivity index (χ4n) is 3.43. The van der Waals surface area contributed by atoms with Crippen molar-refractivity contribution in [2.45, 2.75) is 12.1 Å². The van der Waals surface area contributed by atoms with Gasteiger partial charge in [-0.05, 0) is 22.3 Å². The Bertz CT molecular complexity index is 1100. The number of benzene rings is 2. The van der Waals surface area contributed by atoms with E-state index in [1.54, 1.807) is 0 Å². The molecule has 0 saturated carbocycles. The van der Waals surface area contributed by atoms with E-state index in [1.807, 2.05) is 48.5 Å². The van der Waals surface area contributed by atoms with Gasteiger partial charge >= 0.3 is 18.2 Å². The molecule has 0 atom stereocenters. The van der Waals surface area contributed by atoms with Gasteiger partial charge in [-0.15, -0.1) is 0 Å². The summed E-state index contributed by atoms with van der Waals surface area (Å²) in [5.41, 5.74) is 2.86. The highest BCUT2D eigenvalue weighted by atomic mass is 32.1. The predicted molar refractivity (Wildman–Crippen MR) is 103 cm³/mol. The Balaban J connectivity index is 1.49. The first-order valence-electron chi connectivity index (χ1n) is 8.69. The van der Waals surface area contributed by atoms with Gasteiger partial charge in [0.25, 0.3) is 0 Å². The van der Waals surface area contributed by atoms with E-state index in [1.165, 1.54) is 0 Å². The number of nitrogens with zero attached hydrogens (tertiary/aromatic N) is 1. The lowest BCUT2D eigenvalue weighted by molar-refractivity contribution is -0.135. The molecule has 1 aliphatic carbocycles. The van der Waals surface area contributed by atoms with Gasteiger partial charge in [-0.3, -0.25) is 5.32 Å². The second kappa shape index (κ2) is 7.45. The van der Waals surface area contributed by atoms with Gasteiger partial charge in [0.1, 0.15) is 11.5 Å². The number of halogens is 3. The van der Waals surface area contributed by atoms with Gasteiger partial charge in [0.15, 0.2) is 10.8 Å². The zero-order valence-corrected chi connectivity index (χ0v) is 15.9. The van der Waals surface area contributed by atoms with Gasteiger partial charge < -0.3 is 9.84 Å². The van der Waals surface area contributed by atoms with E-state index in [-0.39, 0.29) is 23.9 Å². The summed E-state index contributed by atoms with van der Waals surface area (Å²) in [6.07, 6.45) is -5.91. The molecule has 0 aliphatic heterocycles. The minimum Gasteiger partial charge on any atom is -0.476 e. The maximum Gasteiger partial charge on any atom is 0.428 e. The Labute approximate surface area is 172 Å². The third-order valence-corrected chi connectivity index (χ3v) is 5.66. The number of fused-ring (bicyclic) bond motifs is 3. The molecule has 0 saturated heterocycles. The lowest BCUT2D eigenvalue weighted by Crippen LogP contribution is -2.18. The second-order valence-electron chi connectivity index (χ2n) is 6.45. The van der Waals surface area contributed by atoms with Crippen molar-refractivity contribution in [3.63, 3.8) is 0 Å². The topological polar surface area (TPSA) is 88.5 Å². The van der Waals surface area contributed by atoms with Crippen molar-refractivity contribution in [2.75, 3.05) is 11.9 Å². The maximum atomic E-state index is 13.0. The van der Waals surface area contributed by atoms with Crippen molar-refractivity contribution in [2.24, 2.45) is 0 Å². The number of ether oxygens (including phenoxy) is 1. The van der Waals surface area contributed by atoms with Crippen molar-refractivity contribution in [1.82, 2.24) is 4.98 Å².